The third-order valence-corrected chi connectivity index (χ3v) is 5.67. The summed E-state index contributed by atoms with van der Waals surface area (Å²) in [4.78, 5) is 17.9. The normalized spacial score (nSPS) is 12.1. The van der Waals surface area contributed by atoms with Crippen LogP contribution in [0.1, 0.15) is 42.3 Å². The molecular weight excluding hydrogens is 384 g/mol. The second-order valence-corrected chi connectivity index (χ2v) is 8.25. The number of benzene rings is 2. The van der Waals surface area contributed by atoms with Crippen LogP contribution in [0.3, 0.4) is 0 Å². The monoisotopic (exact) mass is 412 g/mol. The van der Waals surface area contributed by atoms with Gasteiger partial charge in [-0.15, -0.1) is 0 Å². The topological polar surface area (TPSA) is 52.8 Å². The Morgan fingerprint density at radius 3 is 2.48 bits per heavy atom. The molecule has 6 heteroatoms. The van der Waals surface area contributed by atoms with Gasteiger partial charge in [0.15, 0.2) is 4.80 Å². The van der Waals surface area contributed by atoms with Crippen LogP contribution in [-0.4, -0.2) is 29.8 Å². The summed E-state index contributed by atoms with van der Waals surface area (Å²) in [5, 5.41) is 0. The molecule has 0 unspecified atom stereocenters. The molecule has 0 aliphatic heterocycles. The first-order valence-corrected chi connectivity index (χ1v) is 10.7. The number of nitrogens with zero attached hydrogens (tertiary/aromatic N) is 2. The number of amides is 1. The van der Waals surface area contributed by atoms with Gasteiger partial charge in [0.05, 0.1) is 22.9 Å². The average Bonchev–Trinajstić information content (AvgIpc) is 2.98. The highest BCUT2D eigenvalue weighted by atomic mass is 32.1. The zero-order valence-corrected chi connectivity index (χ0v) is 18.5. The molecule has 1 aromatic heterocycles. The zero-order valence-electron chi connectivity index (χ0n) is 17.7. The van der Waals surface area contributed by atoms with Crippen molar-refractivity contribution in [3.63, 3.8) is 0 Å². The van der Waals surface area contributed by atoms with Gasteiger partial charge < -0.3 is 14.0 Å². The molecule has 3 rings (SSSR count). The lowest BCUT2D eigenvalue weighted by atomic mass is 10.1. The standard InChI is InChI=1S/C23H28N2O3S/c1-6-27-12-11-25-20-13-16(4)17(5)14-21(20)29-23(25)24-22(26)18-7-9-19(10-8-18)28-15(2)3/h7-10,13-15H,6,11-12H2,1-5H3. The molecule has 0 aliphatic rings. The van der Waals surface area contributed by atoms with Gasteiger partial charge in [-0.2, -0.15) is 4.99 Å². The van der Waals surface area contributed by atoms with Gasteiger partial charge in [0, 0.05) is 18.7 Å². The van der Waals surface area contributed by atoms with E-state index in [1.165, 1.54) is 22.5 Å². The Balaban J connectivity index is 1.99. The van der Waals surface area contributed by atoms with Crippen LogP contribution >= 0.6 is 11.3 Å². The van der Waals surface area contributed by atoms with Crippen LogP contribution in [-0.2, 0) is 11.3 Å². The molecule has 29 heavy (non-hydrogen) atoms. The average molecular weight is 413 g/mol. The van der Waals surface area contributed by atoms with Crippen LogP contribution in [0.4, 0.5) is 0 Å². The minimum atomic E-state index is -0.258. The maximum atomic E-state index is 12.8. The van der Waals surface area contributed by atoms with E-state index in [1.807, 2.05) is 32.9 Å². The first-order valence-electron chi connectivity index (χ1n) is 9.93. The molecule has 5 nitrogen and oxygen atoms in total. The molecule has 0 N–H and O–H groups in total. The Labute approximate surface area is 175 Å². The summed E-state index contributed by atoms with van der Waals surface area (Å²) in [5.41, 5.74) is 4.08. The molecule has 154 valence electrons. The second kappa shape index (κ2) is 9.37. The van der Waals surface area contributed by atoms with Gasteiger partial charge in [-0.1, -0.05) is 11.3 Å². The Morgan fingerprint density at radius 1 is 1.14 bits per heavy atom. The van der Waals surface area contributed by atoms with Crippen LogP contribution in [0.5, 0.6) is 5.75 Å². The lowest BCUT2D eigenvalue weighted by Gasteiger charge is -2.09. The number of aryl methyl sites for hydroxylation is 2. The summed E-state index contributed by atoms with van der Waals surface area (Å²) in [6.45, 7) is 12.0. The molecule has 0 fully saturated rings. The fraction of sp³-hybridized carbons (Fsp3) is 0.391. The SMILES string of the molecule is CCOCCn1c(=NC(=O)c2ccc(OC(C)C)cc2)sc2cc(C)c(C)cc21. The molecule has 1 heterocycles. The molecule has 0 aliphatic carbocycles. The number of thiazole rings is 1. The molecule has 3 aromatic rings. The third-order valence-electron chi connectivity index (χ3n) is 4.63. The van der Waals surface area contributed by atoms with E-state index in [4.69, 9.17) is 9.47 Å². The summed E-state index contributed by atoms with van der Waals surface area (Å²) in [6, 6.07) is 11.5. The predicted octanol–water partition coefficient (Wildman–Crippen LogP) is 4.88. The fourth-order valence-electron chi connectivity index (χ4n) is 3.02. The Kier molecular flexibility index (Phi) is 6.87. The molecule has 0 atom stereocenters. The van der Waals surface area contributed by atoms with Gasteiger partial charge in [0.25, 0.3) is 5.91 Å². The summed E-state index contributed by atoms with van der Waals surface area (Å²) >= 11 is 1.53. The molecule has 1 amide bonds. The van der Waals surface area contributed by atoms with Gasteiger partial charge >= 0.3 is 0 Å². The van der Waals surface area contributed by atoms with Crippen molar-refractivity contribution in [3.05, 3.63) is 57.9 Å². The van der Waals surface area contributed by atoms with Crippen molar-refractivity contribution in [2.75, 3.05) is 13.2 Å². The Hall–Kier alpha value is -2.44. The first-order chi connectivity index (χ1) is 13.9. The van der Waals surface area contributed by atoms with Crippen LogP contribution in [0.25, 0.3) is 10.2 Å². The largest absolute Gasteiger partial charge is 0.491 e. The van der Waals surface area contributed by atoms with E-state index in [2.05, 4.69) is 35.5 Å². The minimum Gasteiger partial charge on any atom is -0.491 e. The highest BCUT2D eigenvalue weighted by molar-refractivity contribution is 7.16. The lowest BCUT2D eigenvalue weighted by Crippen LogP contribution is -2.19. The van der Waals surface area contributed by atoms with Gasteiger partial charge in [-0.3, -0.25) is 4.79 Å². The molecule has 0 saturated carbocycles. The summed E-state index contributed by atoms with van der Waals surface area (Å²) in [6.07, 6.45) is 0.0935. The number of carbonyl (C=O) groups is 1. The van der Waals surface area contributed by atoms with Crippen molar-refractivity contribution in [1.82, 2.24) is 4.57 Å². The number of carbonyl (C=O) groups excluding carboxylic acids is 1. The van der Waals surface area contributed by atoms with E-state index in [0.29, 0.717) is 30.1 Å². The van der Waals surface area contributed by atoms with Gasteiger partial charge in [0.2, 0.25) is 0 Å². The fourth-order valence-corrected chi connectivity index (χ4v) is 4.16. The van der Waals surface area contributed by atoms with Crippen LogP contribution in [0.15, 0.2) is 41.4 Å². The molecule has 0 saturated heterocycles. The maximum absolute atomic E-state index is 12.8. The molecule has 0 radical (unpaired) electrons. The third kappa shape index (κ3) is 5.14. The van der Waals surface area contributed by atoms with Crippen molar-refractivity contribution < 1.29 is 14.3 Å². The Bertz CT molecular complexity index is 1060. The van der Waals surface area contributed by atoms with Crippen molar-refractivity contribution in [3.8, 4) is 5.75 Å². The summed E-state index contributed by atoms with van der Waals surface area (Å²) < 4.78 is 14.4. The number of hydrogen-bond donors (Lipinski definition) is 0. The van der Waals surface area contributed by atoms with Gasteiger partial charge in [0.1, 0.15) is 5.75 Å². The van der Waals surface area contributed by atoms with Crippen molar-refractivity contribution in [2.45, 2.75) is 47.3 Å². The van der Waals surface area contributed by atoms with E-state index < -0.39 is 0 Å². The Morgan fingerprint density at radius 2 is 1.83 bits per heavy atom. The van der Waals surface area contributed by atoms with Crippen molar-refractivity contribution in [2.24, 2.45) is 4.99 Å². The van der Waals surface area contributed by atoms with Gasteiger partial charge in [-0.05, 0) is 82.1 Å². The molecule has 2 aromatic carbocycles. The van der Waals surface area contributed by atoms with E-state index in [-0.39, 0.29) is 12.0 Å². The van der Waals surface area contributed by atoms with Gasteiger partial charge in [-0.25, -0.2) is 0 Å². The maximum Gasteiger partial charge on any atom is 0.279 e. The van der Waals surface area contributed by atoms with E-state index in [9.17, 15) is 4.79 Å². The summed E-state index contributed by atoms with van der Waals surface area (Å²) in [7, 11) is 0. The smallest absolute Gasteiger partial charge is 0.279 e. The number of ether oxygens (including phenoxy) is 2. The minimum absolute atomic E-state index is 0.0935. The van der Waals surface area contributed by atoms with E-state index in [1.54, 1.807) is 12.1 Å². The quantitative estimate of drug-likeness (QED) is 0.520. The zero-order chi connectivity index (χ0) is 21.0. The number of fused-ring (bicyclic) bond motifs is 1. The van der Waals surface area contributed by atoms with Crippen LogP contribution in [0.2, 0.25) is 0 Å². The van der Waals surface area contributed by atoms with Crippen LogP contribution in [0, 0.1) is 13.8 Å². The van der Waals surface area contributed by atoms with Crippen LogP contribution < -0.4 is 9.54 Å². The number of rotatable bonds is 7. The first kappa shape index (κ1) is 21.3. The highest BCUT2D eigenvalue weighted by Crippen LogP contribution is 2.22. The molecular formula is C23H28N2O3S. The lowest BCUT2D eigenvalue weighted by molar-refractivity contribution is 0.0996. The van der Waals surface area contributed by atoms with Crippen molar-refractivity contribution >= 4 is 27.5 Å². The molecule has 0 bridgehead atoms. The predicted molar refractivity (Wildman–Crippen MR) is 118 cm³/mol. The summed E-state index contributed by atoms with van der Waals surface area (Å²) in [5.74, 6) is 0.488. The molecule has 0 spiro atoms. The van der Waals surface area contributed by atoms with E-state index in [0.717, 1.165) is 16.0 Å². The van der Waals surface area contributed by atoms with Crippen molar-refractivity contribution in [1.29, 1.82) is 0 Å². The van der Waals surface area contributed by atoms with E-state index >= 15 is 0 Å². The number of hydrogen-bond acceptors (Lipinski definition) is 4. The number of aromatic nitrogens is 1. The second-order valence-electron chi connectivity index (χ2n) is 7.25. The highest BCUT2D eigenvalue weighted by Gasteiger charge is 2.11.